The summed E-state index contributed by atoms with van der Waals surface area (Å²) in [4.78, 5) is 0. The summed E-state index contributed by atoms with van der Waals surface area (Å²) < 4.78 is 32.0. The van der Waals surface area contributed by atoms with Crippen molar-refractivity contribution in [3.63, 3.8) is 0 Å². The van der Waals surface area contributed by atoms with Gasteiger partial charge in [-0.3, -0.25) is 0 Å². The molecule has 0 saturated carbocycles. The molecule has 1 heterocycles. The lowest BCUT2D eigenvalue weighted by molar-refractivity contribution is 0.191. The minimum Gasteiger partial charge on any atom is -0.455 e. The smallest absolute Gasteiger partial charge is 0.170 e. The predicted octanol–water partition coefficient (Wildman–Crippen LogP) is 4.10. The van der Waals surface area contributed by atoms with Gasteiger partial charge in [-0.25, -0.2) is 8.78 Å². The van der Waals surface area contributed by atoms with Crippen LogP contribution in [0.4, 0.5) is 8.78 Å². The van der Waals surface area contributed by atoms with E-state index in [0.29, 0.717) is 16.5 Å². The summed E-state index contributed by atoms with van der Waals surface area (Å²) in [6.07, 6.45) is -1.05. The lowest BCUT2D eigenvalue weighted by atomic mass is 10.0. The van der Waals surface area contributed by atoms with Crippen molar-refractivity contribution < 1.29 is 18.3 Å². The Labute approximate surface area is 114 Å². The summed E-state index contributed by atoms with van der Waals surface area (Å²) in [5, 5.41) is 10.9. The van der Waals surface area contributed by atoms with E-state index < -0.39 is 11.9 Å². The number of hydrogen-bond donors (Lipinski definition) is 1. The molecule has 2 nitrogen and oxygen atoms in total. The highest BCUT2D eigenvalue weighted by molar-refractivity contribution is 5.78. The van der Waals surface area contributed by atoms with E-state index in [1.807, 2.05) is 0 Å². The van der Waals surface area contributed by atoms with E-state index in [-0.39, 0.29) is 17.2 Å². The van der Waals surface area contributed by atoms with Crippen LogP contribution in [-0.4, -0.2) is 5.11 Å². The highest BCUT2D eigenvalue weighted by Crippen LogP contribution is 2.31. The number of aliphatic hydroxyl groups excluding tert-OH is 1. The number of halogens is 2. The molecule has 0 fully saturated rings. The average Bonchev–Trinajstić information content (AvgIpc) is 2.83. The third kappa shape index (κ3) is 2.08. The molecule has 1 atom stereocenters. The molecular weight excluding hydrogens is 262 g/mol. The van der Waals surface area contributed by atoms with Crippen molar-refractivity contribution in [3.8, 4) is 0 Å². The molecule has 1 N–H and O–H groups in total. The molecular formula is C16H12F2O2. The maximum absolute atomic E-state index is 13.6. The zero-order chi connectivity index (χ0) is 14.3. The predicted molar refractivity (Wildman–Crippen MR) is 71.4 cm³/mol. The molecule has 0 radical (unpaired) electrons. The molecule has 0 aliphatic rings. The standard InChI is InChI=1S/C16H12F2O2/c1-9-7-11(17)5-6-12(9)15(19)14-8-10-3-2-4-13(18)16(10)20-14/h2-8,15,19H,1H3. The van der Waals surface area contributed by atoms with Gasteiger partial charge in [0.1, 0.15) is 17.7 Å². The molecule has 0 spiro atoms. The number of hydrogen-bond acceptors (Lipinski definition) is 2. The normalized spacial score (nSPS) is 12.8. The highest BCUT2D eigenvalue weighted by atomic mass is 19.1. The van der Waals surface area contributed by atoms with Gasteiger partial charge in [0.2, 0.25) is 0 Å². The van der Waals surface area contributed by atoms with Crippen LogP contribution in [-0.2, 0) is 0 Å². The first kappa shape index (κ1) is 12.8. The number of fused-ring (bicyclic) bond motifs is 1. The highest BCUT2D eigenvalue weighted by Gasteiger charge is 2.18. The van der Waals surface area contributed by atoms with Gasteiger partial charge in [0.25, 0.3) is 0 Å². The zero-order valence-electron chi connectivity index (χ0n) is 10.7. The van der Waals surface area contributed by atoms with E-state index in [0.717, 1.165) is 0 Å². The van der Waals surface area contributed by atoms with Gasteiger partial charge >= 0.3 is 0 Å². The first-order valence-electron chi connectivity index (χ1n) is 6.18. The van der Waals surface area contributed by atoms with Gasteiger partial charge in [0.15, 0.2) is 11.4 Å². The number of aryl methyl sites for hydroxylation is 1. The average molecular weight is 274 g/mol. The number of furan rings is 1. The van der Waals surface area contributed by atoms with Crippen molar-refractivity contribution in [2.45, 2.75) is 13.0 Å². The van der Waals surface area contributed by atoms with Crippen LogP contribution in [0, 0.1) is 18.6 Å². The molecule has 1 aromatic heterocycles. The maximum atomic E-state index is 13.6. The Hall–Kier alpha value is -2.20. The molecule has 4 heteroatoms. The molecule has 0 amide bonds. The molecule has 0 saturated heterocycles. The van der Waals surface area contributed by atoms with Crippen molar-refractivity contribution in [2.24, 2.45) is 0 Å². The summed E-state index contributed by atoms with van der Waals surface area (Å²) >= 11 is 0. The zero-order valence-corrected chi connectivity index (χ0v) is 10.7. The van der Waals surface area contributed by atoms with Crippen molar-refractivity contribution >= 4 is 11.0 Å². The maximum Gasteiger partial charge on any atom is 0.170 e. The Morgan fingerprint density at radius 1 is 1.10 bits per heavy atom. The van der Waals surface area contributed by atoms with Crippen LogP contribution in [0.25, 0.3) is 11.0 Å². The fraction of sp³-hybridized carbons (Fsp3) is 0.125. The quantitative estimate of drug-likeness (QED) is 0.763. The molecule has 3 aromatic rings. The lowest BCUT2D eigenvalue weighted by Crippen LogP contribution is -2.01. The summed E-state index contributed by atoms with van der Waals surface area (Å²) in [5.74, 6) is -0.606. The molecule has 0 aliphatic carbocycles. The Morgan fingerprint density at radius 3 is 2.60 bits per heavy atom. The SMILES string of the molecule is Cc1cc(F)ccc1C(O)c1cc2cccc(F)c2o1. The molecule has 2 aromatic carbocycles. The van der Waals surface area contributed by atoms with Crippen molar-refractivity contribution in [3.05, 3.63) is 71.0 Å². The van der Waals surface area contributed by atoms with Gasteiger partial charge < -0.3 is 9.52 Å². The second-order valence-electron chi connectivity index (χ2n) is 4.71. The van der Waals surface area contributed by atoms with Gasteiger partial charge in [-0.2, -0.15) is 0 Å². The topological polar surface area (TPSA) is 33.4 Å². The Morgan fingerprint density at radius 2 is 1.90 bits per heavy atom. The summed E-state index contributed by atoms with van der Waals surface area (Å²) in [5.41, 5.74) is 1.26. The van der Waals surface area contributed by atoms with Gasteiger partial charge in [-0.15, -0.1) is 0 Å². The minimum atomic E-state index is -1.05. The summed E-state index contributed by atoms with van der Waals surface area (Å²) in [6, 6.07) is 10.3. The third-order valence-electron chi connectivity index (χ3n) is 3.31. The van der Waals surface area contributed by atoms with Crippen LogP contribution in [0.3, 0.4) is 0 Å². The van der Waals surface area contributed by atoms with Crippen molar-refractivity contribution in [2.75, 3.05) is 0 Å². The summed E-state index contributed by atoms with van der Waals surface area (Å²) in [7, 11) is 0. The van der Waals surface area contributed by atoms with E-state index >= 15 is 0 Å². The number of rotatable bonds is 2. The molecule has 3 rings (SSSR count). The Bertz CT molecular complexity index is 777. The summed E-state index contributed by atoms with van der Waals surface area (Å²) in [6.45, 7) is 1.70. The van der Waals surface area contributed by atoms with Crippen LogP contribution < -0.4 is 0 Å². The monoisotopic (exact) mass is 274 g/mol. The van der Waals surface area contributed by atoms with Crippen LogP contribution >= 0.6 is 0 Å². The third-order valence-corrected chi connectivity index (χ3v) is 3.31. The van der Waals surface area contributed by atoms with Crippen LogP contribution in [0.15, 0.2) is 46.9 Å². The van der Waals surface area contributed by atoms with E-state index in [9.17, 15) is 13.9 Å². The minimum absolute atomic E-state index is 0.112. The molecule has 0 aliphatic heterocycles. The Kier molecular flexibility index (Phi) is 3.03. The van der Waals surface area contributed by atoms with Crippen molar-refractivity contribution in [1.29, 1.82) is 0 Å². The van der Waals surface area contributed by atoms with E-state index in [4.69, 9.17) is 4.42 Å². The van der Waals surface area contributed by atoms with E-state index in [2.05, 4.69) is 0 Å². The van der Waals surface area contributed by atoms with E-state index in [1.165, 1.54) is 24.3 Å². The molecule has 20 heavy (non-hydrogen) atoms. The van der Waals surface area contributed by atoms with Gasteiger partial charge in [-0.1, -0.05) is 18.2 Å². The first-order valence-corrected chi connectivity index (χ1v) is 6.18. The number of aliphatic hydroxyl groups is 1. The number of benzene rings is 2. The largest absolute Gasteiger partial charge is 0.455 e. The van der Waals surface area contributed by atoms with Crippen LogP contribution in [0.2, 0.25) is 0 Å². The van der Waals surface area contributed by atoms with Gasteiger partial charge in [0, 0.05) is 5.39 Å². The van der Waals surface area contributed by atoms with E-state index in [1.54, 1.807) is 25.1 Å². The molecule has 0 bridgehead atoms. The fourth-order valence-corrected chi connectivity index (χ4v) is 2.28. The number of para-hydroxylation sites is 1. The second-order valence-corrected chi connectivity index (χ2v) is 4.71. The van der Waals surface area contributed by atoms with Crippen LogP contribution in [0.5, 0.6) is 0 Å². The van der Waals surface area contributed by atoms with Crippen molar-refractivity contribution in [1.82, 2.24) is 0 Å². The second kappa shape index (κ2) is 4.72. The Balaban J connectivity index is 2.08. The first-order chi connectivity index (χ1) is 9.56. The lowest BCUT2D eigenvalue weighted by Gasteiger charge is -2.11. The molecule has 102 valence electrons. The molecule has 1 unspecified atom stereocenters. The van der Waals surface area contributed by atoms with Gasteiger partial charge in [0.05, 0.1) is 0 Å². The fourth-order valence-electron chi connectivity index (χ4n) is 2.28. The van der Waals surface area contributed by atoms with Crippen LogP contribution in [0.1, 0.15) is 23.0 Å². The van der Waals surface area contributed by atoms with Gasteiger partial charge in [-0.05, 0) is 42.3 Å².